The summed E-state index contributed by atoms with van der Waals surface area (Å²) in [5.41, 5.74) is 1.14. The smallest absolute Gasteiger partial charge is 0.180 e. The van der Waals surface area contributed by atoms with Crippen LogP contribution in [0.5, 0.6) is 0 Å². The molecular weight excluding hydrogens is 208 g/mol. The number of H-pyrrole nitrogens is 1. The number of ketones is 1. The molecule has 1 N–H and O–H groups in total. The van der Waals surface area contributed by atoms with Crippen LogP contribution in [0.25, 0.3) is 0 Å². The Morgan fingerprint density at radius 1 is 1.60 bits per heavy atom. The van der Waals surface area contributed by atoms with Gasteiger partial charge in [0.2, 0.25) is 0 Å². The van der Waals surface area contributed by atoms with E-state index in [0.29, 0.717) is 6.42 Å². The van der Waals surface area contributed by atoms with Gasteiger partial charge in [0.25, 0.3) is 0 Å². The highest BCUT2D eigenvalue weighted by molar-refractivity contribution is 7.12. The van der Waals surface area contributed by atoms with Crippen molar-refractivity contribution in [2.24, 2.45) is 0 Å². The van der Waals surface area contributed by atoms with Crippen molar-refractivity contribution >= 4 is 17.1 Å². The zero-order valence-corrected chi connectivity index (χ0v) is 9.30. The molecule has 0 aliphatic heterocycles. The van der Waals surface area contributed by atoms with Gasteiger partial charge in [0.1, 0.15) is 5.82 Å². The Kier molecular flexibility index (Phi) is 2.97. The zero-order valence-electron chi connectivity index (χ0n) is 8.49. The van der Waals surface area contributed by atoms with Gasteiger partial charge in [-0.1, -0.05) is 6.92 Å². The average molecular weight is 220 g/mol. The van der Waals surface area contributed by atoms with Crippen molar-refractivity contribution in [2.45, 2.75) is 19.8 Å². The topological polar surface area (TPSA) is 45.8 Å². The van der Waals surface area contributed by atoms with Crippen molar-refractivity contribution in [3.8, 4) is 0 Å². The standard InChI is InChI=1S/C11H12N2OS/c1-2-8-3-6-15-11(8)9(14)7-10-12-4-5-13-10/h3-6H,2,7H2,1H3,(H,12,13). The summed E-state index contributed by atoms with van der Waals surface area (Å²) in [6.07, 6.45) is 4.67. The van der Waals surface area contributed by atoms with Gasteiger partial charge in [-0.25, -0.2) is 4.98 Å². The van der Waals surface area contributed by atoms with Gasteiger partial charge in [0.15, 0.2) is 5.78 Å². The molecule has 0 saturated carbocycles. The van der Waals surface area contributed by atoms with E-state index in [9.17, 15) is 4.79 Å². The first-order valence-corrected chi connectivity index (χ1v) is 5.77. The molecule has 0 fully saturated rings. The van der Waals surface area contributed by atoms with Gasteiger partial charge in [-0.05, 0) is 23.4 Å². The van der Waals surface area contributed by atoms with Crippen molar-refractivity contribution in [3.63, 3.8) is 0 Å². The Morgan fingerprint density at radius 2 is 2.47 bits per heavy atom. The number of aromatic nitrogens is 2. The second kappa shape index (κ2) is 4.40. The van der Waals surface area contributed by atoms with E-state index >= 15 is 0 Å². The van der Waals surface area contributed by atoms with Crippen LogP contribution in [0, 0.1) is 0 Å². The molecule has 2 aromatic heterocycles. The van der Waals surface area contributed by atoms with Gasteiger partial charge in [-0.3, -0.25) is 4.79 Å². The van der Waals surface area contributed by atoms with Crippen LogP contribution in [0.2, 0.25) is 0 Å². The number of thiophene rings is 1. The number of rotatable bonds is 4. The van der Waals surface area contributed by atoms with Crippen molar-refractivity contribution < 1.29 is 4.79 Å². The predicted octanol–water partition coefficient (Wildman–Crippen LogP) is 2.46. The van der Waals surface area contributed by atoms with Crippen LogP contribution in [0.15, 0.2) is 23.8 Å². The summed E-state index contributed by atoms with van der Waals surface area (Å²) in [5.74, 6) is 0.882. The molecule has 2 heterocycles. The predicted molar refractivity (Wildman–Crippen MR) is 60.3 cm³/mol. The molecule has 0 aromatic carbocycles. The van der Waals surface area contributed by atoms with Crippen molar-refractivity contribution in [2.75, 3.05) is 0 Å². The third-order valence-electron chi connectivity index (χ3n) is 2.26. The first-order chi connectivity index (χ1) is 7.31. The number of nitrogens with one attached hydrogen (secondary N) is 1. The van der Waals surface area contributed by atoms with E-state index < -0.39 is 0 Å². The number of hydrogen-bond acceptors (Lipinski definition) is 3. The van der Waals surface area contributed by atoms with Crippen molar-refractivity contribution in [3.05, 3.63) is 40.1 Å². The summed E-state index contributed by atoms with van der Waals surface area (Å²) in [5, 5.41) is 1.97. The van der Waals surface area contributed by atoms with Crippen LogP contribution < -0.4 is 0 Å². The molecule has 0 radical (unpaired) electrons. The lowest BCUT2D eigenvalue weighted by Crippen LogP contribution is -2.05. The molecule has 15 heavy (non-hydrogen) atoms. The molecule has 2 rings (SSSR count). The lowest BCUT2D eigenvalue weighted by Gasteiger charge is -1.98. The van der Waals surface area contributed by atoms with Crippen LogP contribution in [-0.4, -0.2) is 15.8 Å². The normalized spacial score (nSPS) is 10.5. The fourth-order valence-corrected chi connectivity index (χ4v) is 2.42. The minimum absolute atomic E-state index is 0.150. The third kappa shape index (κ3) is 2.15. The zero-order chi connectivity index (χ0) is 10.7. The second-order valence-corrected chi connectivity index (χ2v) is 4.18. The van der Waals surface area contributed by atoms with Crippen molar-refractivity contribution in [1.82, 2.24) is 9.97 Å². The molecule has 0 saturated heterocycles. The quantitative estimate of drug-likeness (QED) is 0.804. The summed E-state index contributed by atoms with van der Waals surface area (Å²) < 4.78 is 0. The average Bonchev–Trinajstić information content (AvgIpc) is 2.86. The molecule has 0 aliphatic rings. The fourth-order valence-electron chi connectivity index (χ4n) is 1.49. The lowest BCUT2D eigenvalue weighted by atomic mass is 10.1. The van der Waals surface area contributed by atoms with Gasteiger partial charge in [-0.2, -0.15) is 0 Å². The van der Waals surface area contributed by atoms with E-state index in [1.165, 1.54) is 11.3 Å². The third-order valence-corrected chi connectivity index (χ3v) is 3.26. The highest BCUT2D eigenvalue weighted by Crippen LogP contribution is 2.19. The van der Waals surface area contributed by atoms with Gasteiger partial charge in [0.05, 0.1) is 11.3 Å². The van der Waals surface area contributed by atoms with Crippen LogP contribution in [0.4, 0.5) is 0 Å². The molecule has 2 aromatic rings. The van der Waals surface area contributed by atoms with Crippen LogP contribution >= 0.6 is 11.3 Å². The second-order valence-electron chi connectivity index (χ2n) is 3.26. The minimum atomic E-state index is 0.150. The Balaban J connectivity index is 2.15. The van der Waals surface area contributed by atoms with E-state index in [1.54, 1.807) is 12.4 Å². The minimum Gasteiger partial charge on any atom is -0.348 e. The summed E-state index contributed by atoms with van der Waals surface area (Å²) in [7, 11) is 0. The summed E-state index contributed by atoms with van der Waals surface area (Å²) in [4.78, 5) is 19.8. The van der Waals surface area contributed by atoms with Gasteiger partial charge in [-0.15, -0.1) is 11.3 Å². The number of Topliss-reactive ketones (excluding diaryl/α,β-unsaturated/α-hetero) is 1. The highest BCUT2D eigenvalue weighted by Gasteiger charge is 2.13. The molecular formula is C11H12N2OS. The molecule has 78 valence electrons. The Hall–Kier alpha value is -1.42. The SMILES string of the molecule is CCc1ccsc1C(=O)Cc1ncc[nH]1. The number of hydrogen-bond donors (Lipinski definition) is 1. The summed E-state index contributed by atoms with van der Waals surface area (Å²) in [6, 6.07) is 2.01. The highest BCUT2D eigenvalue weighted by atomic mass is 32.1. The summed E-state index contributed by atoms with van der Waals surface area (Å²) >= 11 is 1.51. The largest absolute Gasteiger partial charge is 0.348 e. The fraction of sp³-hybridized carbons (Fsp3) is 0.273. The number of aromatic amines is 1. The lowest BCUT2D eigenvalue weighted by molar-refractivity contribution is 0.0994. The molecule has 0 unspecified atom stereocenters. The molecule has 0 aliphatic carbocycles. The maximum Gasteiger partial charge on any atom is 0.180 e. The summed E-state index contributed by atoms with van der Waals surface area (Å²) in [6.45, 7) is 2.06. The van der Waals surface area contributed by atoms with Crippen LogP contribution in [0.1, 0.15) is 28.0 Å². The molecule has 4 heteroatoms. The molecule has 3 nitrogen and oxygen atoms in total. The number of carbonyl (C=O) groups is 1. The molecule has 0 bridgehead atoms. The van der Waals surface area contributed by atoms with Crippen LogP contribution in [-0.2, 0) is 12.8 Å². The Labute approximate surface area is 92.2 Å². The van der Waals surface area contributed by atoms with Gasteiger partial charge >= 0.3 is 0 Å². The van der Waals surface area contributed by atoms with Gasteiger partial charge < -0.3 is 4.98 Å². The van der Waals surface area contributed by atoms with E-state index in [4.69, 9.17) is 0 Å². The first-order valence-electron chi connectivity index (χ1n) is 4.89. The number of carbonyl (C=O) groups excluding carboxylic acids is 1. The number of imidazole rings is 1. The molecule has 0 amide bonds. The van der Waals surface area contributed by atoms with E-state index in [1.807, 2.05) is 11.4 Å². The Morgan fingerprint density at radius 3 is 3.13 bits per heavy atom. The van der Waals surface area contributed by atoms with E-state index in [-0.39, 0.29) is 5.78 Å². The van der Waals surface area contributed by atoms with E-state index in [0.717, 1.165) is 22.7 Å². The monoisotopic (exact) mass is 220 g/mol. The van der Waals surface area contributed by atoms with E-state index in [2.05, 4.69) is 16.9 Å². The van der Waals surface area contributed by atoms with Gasteiger partial charge in [0, 0.05) is 12.4 Å². The number of nitrogens with zero attached hydrogens (tertiary/aromatic N) is 1. The maximum absolute atomic E-state index is 11.9. The maximum atomic E-state index is 11.9. The molecule has 0 spiro atoms. The Bertz CT molecular complexity index is 445. The van der Waals surface area contributed by atoms with Crippen molar-refractivity contribution in [1.29, 1.82) is 0 Å². The van der Waals surface area contributed by atoms with Crippen LogP contribution in [0.3, 0.4) is 0 Å². The first kappa shape index (κ1) is 10.1. The number of aryl methyl sites for hydroxylation is 1. The molecule has 0 atom stereocenters.